The summed E-state index contributed by atoms with van der Waals surface area (Å²) in [7, 11) is 0. The number of likely N-dealkylation sites (tertiary alicyclic amines) is 1. The third kappa shape index (κ3) is 4.40. The van der Waals surface area contributed by atoms with Gasteiger partial charge < -0.3 is 4.90 Å². The predicted molar refractivity (Wildman–Crippen MR) is 107 cm³/mol. The Labute approximate surface area is 172 Å². The molecule has 4 rings (SSSR count). The standard InChI is InChI=1S/C21H19ClFN5O/c22-16-1-2-17(25-14-16)13-21(23)6-11-28(12-7-21)20(29)18-5-10-26-27-19(18)15-3-8-24-9-4-15/h1-5,8-10,14H,6-7,11-13H2. The van der Waals surface area contributed by atoms with Crippen LogP contribution in [0.15, 0.2) is 55.1 Å². The normalized spacial score (nSPS) is 15.9. The summed E-state index contributed by atoms with van der Waals surface area (Å²) in [5.41, 5.74) is 0.999. The van der Waals surface area contributed by atoms with Gasteiger partial charge in [-0.05, 0) is 43.2 Å². The van der Waals surface area contributed by atoms with Crippen LogP contribution in [0.3, 0.4) is 0 Å². The Morgan fingerprint density at radius 3 is 2.55 bits per heavy atom. The largest absolute Gasteiger partial charge is 0.338 e. The van der Waals surface area contributed by atoms with Gasteiger partial charge in [-0.15, -0.1) is 5.10 Å². The van der Waals surface area contributed by atoms with Gasteiger partial charge in [0.25, 0.3) is 5.91 Å². The SMILES string of the molecule is O=C(c1ccnnc1-c1ccncc1)N1CCC(F)(Cc2ccc(Cl)cn2)CC1. The highest BCUT2D eigenvalue weighted by Crippen LogP contribution is 2.31. The van der Waals surface area contributed by atoms with Gasteiger partial charge >= 0.3 is 0 Å². The van der Waals surface area contributed by atoms with Gasteiger partial charge in [0.1, 0.15) is 11.4 Å². The van der Waals surface area contributed by atoms with E-state index < -0.39 is 5.67 Å². The summed E-state index contributed by atoms with van der Waals surface area (Å²) >= 11 is 5.84. The van der Waals surface area contributed by atoms with Crippen LogP contribution in [0.2, 0.25) is 5.02 Å². The third-order valence-electron chi connectivity index (χ3n) is 5.14. The Morgan fingerprint density at radius 2 is 1.86 bits per heavy atom. The smallest absolute Gasteiger partial charge is 0.256 e. The average Bonchev–Trinajstić information content (AvgIpc) is 2.76. The van der Waals surface area contributed by atoms with E-state index in [2.05, 4.69) is 20.2 Å². The topological polar surface area (TPSA) is 71.9 Å². The van der Waals surface area contributed by atoms with Gasteiger partial charge in [0.05, 0.1) is 16.8 Å². The summed E-state index contributed by atoms with van der Waals surface area (Å²) in [5, 5.41) is 8.57. The van der Waals surface area contributed by atoms with Crippen molar-refractivity contribution in [1.82, 2.24) is 25.1 Å². The third-order valence-corrected chi connectivity index (χ3v) is 5.36. The highest BCUT2D eigenvalue weighted by Gasteiger charge is 2.37. The Morgan fingerprint density at radius 1 is 1.10 bits per heavy atom. The number of aromatic nitrogens is 4. The number of nitrogens with zero attached hydrogens (tertiary/aromatic N) is 5. The Kier molecular flexibility index (Phi) is 5.49. The first-order valence-corrected chi connectivity index (χ1v) is 9.73. The number of amides is 1. The summed E-state index contributed by atoms with van der Waals surface area (Å²) in [6, 6.07) is 8.67. The number of carbonyl (C=O) groups excluding carboxylic acids is 1. The van der Waals surface area contributed by atoms with Crippen molar-refractivity contribution in [3.63, 3.8) is 0 Å². The fraction of sp³-hybridized carbons (Fsp3) is 0.286. The summed E-state index contributed by atoms with van der Waals surface area (Å²) < 4.78 is 15.3. The molecule has 3 aromatic heterocycles. The summed E-state index contributed by atoms with van der Waals surface area (Å²) in [5.74, 6) is -0.168. The lowest BCUT2D eigenvalue weighted by Crippen LogP contribution is -2.45. The molecule has 0 saturated carbocycles. The average molecular weight is 412 g/mol. The summed E-state index contributed by atoms with van der Waals surface area (Å²) in [6.45, 7) is 0.669. The summed E-state index contributed by atoms with van der Waals surface area (Å²) in [4.78, 5) is 23.0. The van der Waals surface area contributed by atoms with Crippen molar-refractivity contribution in [3.8, 4) is 11.3 Å². The van der Waals surface area contributed by atoms with E-state index in [1.165, 1.54) is 12.4 Å². The number of piperidine rings is 1. The maximum atomic E-state index is 15.3. The maximum Gasteiger partial charge on any atom is 0.256 e. The first kappa shape index (κ1) is 19.4. The molecule has 1 aliphatic rings. The Balaban J connectivity index is 1.47. The van der Waals surface area contributed by atoms with Gasteiger partial charge in [-0.2, -0.15) is 5.10 Å². The van der Waals surface area contributed by atoms with E-state index in [-0.39, 0.29) is 25.2 Å². The lowest BCUT2D eigenvalue weighted by molar-refractivity contribution is 0.0434. The van der Waals surface area contributed by atoms with E-state index in [1.54, 1.807) is 47.6 Å². The second kappa shape index (κ2) is 8.21. The highest BCUT2D eigenvalue weighted by atomic mass is 35.5. The van der Waals surface area contributed by atoms with Crippen LogP contribution in [0.25, 0.3) is 11.3 Å². The number of halogens is 2. The monoisotopic (exact) mass is 411 g/mol. The molecule has 1 saturated heterocycles. The van der Waals surface area contributed by atoms with Crippen molar-refractivity contribution in [1.29, 1.82) is 0 Å². The molecule has 8 heteroatoms. The molecule has 1 aliphatic heterocycles. The molecule has 148 valence electrons. The quantitative estimate of drug-likeness (QED) is 0.653. The van der Waals surface area contributed by atoms with E-state index in [0.29, 0.717) is 35.1 Å². The minimum absolute atomic E-state index is 0.168. The van der Waals surface area contributed by atoms with Crippen molar-refractivity contribution < 1.29 is 9.18 Å². The molecule has 0 unspecified atom stereocenters. The molecule has 1 fully saturated rings. The second-order valence-electron chi connectivity index (χ2n) is 7.12. The van der Waals surface area contributed by atoms with E-state index in [4.69, 9.17) is 11.6 Å². The minimum atomic E-state index is -1.39. The minimum Gasteiger partial charge on any atom is -0.338 e. The van der Waals surface area contributed by atoms with Gasteiger partial charge in [-0.25, -0.2) is 4.39 Å². The van der Waals surface area contributed by atoms with Crippen LogP contribution in [0.1, 0.15) is 28.9 Å². The molecule has 1 amide bonds. The van der Waals surface area contributed by atoms with Gasteiger partial charge in [-0.1, -0.05) is 11.6 Å². The number of hydrogen-bond donors (Lipinski definition) is 0. The number of hydrogen-bond acceptors (Lipinski definition) is 5. The van der Waals surface area contributed by atoms with E-state index in [9.17, 15) is 4.79 Å². The van der Waals surface area contributed by atoms with Gasteiger partial charge in [0.15, 0.2) is 0 Å². The molecule has 0 atom stereocenters. The van der Waals surface area contributed by atoms with Gasteiger partial charge in [0, 0.05) is 49.4 Å². The van der Waals surface area contributed by atoms with Crippen LogP contribution in [0, 0.1) is 0 Å². The van der Waals surface area contributed by atoms with Crippen LogP contribution in [-0.4, -0.2) is 49.7 Å². The van der Waals surface area contributed by atoms with Crippen LogP contribution in [0.5, 0.6) is 0 Å². The lowest BCUT2D eigenvalue weighted by Gasteiger charge is -2.36. The second-order valence-corrected chi connectivity index (χ2v) is 7.55. The van der Waals surface area contributed by atoms with Crippen molar-refractivity contribution in [2.45, 2.75) is 24.9 Å². The first-order valence-electron chi connectivity index (χ1n) is 9.35. The molecule has 3 aromatic rings. The molecule has 0 aliphatic carbocycles. The fourth-order valence-corrected chi connectivity index (χ4v) is 3.63. The molecule has 0 spiro atoms. The van der Waals surface area contributed by atoms with E-state index >= 15 is 4.39 Å². The summed E-state index contributed by atoms with van der Waals surface area (Å²) in [6.07, 6.45) is 7.02. The molecule has 0 bridgehead atoms. The van der Waals surface area contributed by atoms with E-state index in [0.717, 1.165) is 5.56 Å². The zero-order valence-corrected chi connectivity index (χ0v) is 16.4. The predicted octanol–water partition coefficient (Wildman–Crippen LogP) is 3.77. The van der Waals surface area contributed by atoms with Crippen molar-refractivity contribution in [2.24, 2.45) is 0 Å². The van der Waals surface area contributed by atoms with Gasteiger partial charge in [-0.3, -0.25) is 14.8 Å². The van der Waals surface area contributed by atoms with Crippen LogP contribution >= 0.6 is 11.6 Å². The molecule has 0 radical (unpaired) electrons. The lowest BCUT2D eigenvalue weighted by atomic mass is 9.88. The van der Waals surface area contributed by atoms with Crippen molar-refractivity contribution in [2.75, 3.05) is 13.1 Å². The molecule has 29 heavy (non-hydrogen) atoms. The van der Waals surface area contributed by atoms with Gasteiger partial charge in [0.2, 0.25) is 0 Å². The molecular formula is C21H19ClFN5O. The van der Waals surface area contributed by atoms with Crippen LogP contribution < -0.4 is 0 Å². The Bertz CT molecular complexity index is 991. The molecule has 4 heterocycles. The van der Waals surface area contributed by atoms with Crippen molar-refractivity contribution in [3.05, 3.63) is 71.4 Å². The molecule has 0 N–H and O–H groups in total. The van der Waals surface area contributed by atoms with E-state index in [1.807, 2.05) is 0 Å². The zero-order valence-electron chi connectivity index (χ0n) is 15.6. The number of pyridine rings is 2. The van der Waals surface area contributed by atoms with Crippen molar-refractivity contribution >= 4 is 17.5 Å². The molecular weight excluding hydrogens is 393 g/mol. The number of carbonyl (C=O) groups is 1. The highest BCUT2D eigenvalue weighted by molar-refractivity contribution is 6.30. The fourth-order valence-electron chi connectivity index (χ4n) is 3.52. The number of alkyl halides is 1. The maximum absolute atomic E-state index is 15.3. The first-order chi connectivity index (χ1) is 14.0. The molecule has 6 nitrogen and oxygen atoms in total. The molecule has 0 aromatic carbocycles. The Hall–Kier alpha value is -2.93. The zero-order chi connectivity index (χ0) is 20.3. The van der Waals surface area contributed by atoms with Crippen LogP contribution in [0.4, 0.5) is 4.39 Å². The van der Waals surface area contributed by atoms with Crippen LogP contribution in [-0.2, 0) is 6.42 Å². The number of rotatable bonds is 4.